The van der Waals surface area contributed by atoms with E-state index in [1.165, 1.54) is 13.0 Å². The fraction of sp³-hybridized carbons (Fsp3) is 0.250. The van der Waals surface area contributed by atoms with Crippen molar-refractivity contribution in [1.82, 2.24) is 10.3 Å². The summed E-state index contributed by atoms with van der Waals surface area (Å²) in [5.74, 6) is -1.06. The largest absolute Gasteiger partial charge is 0.480 e. The van der Waals surface area contributed by atoms with Gasteiger partial charge in [-0.25, -0.2) is 4.79 Å². The van der Waals surface area contributed by atoms with E-state index in [0.717, 1.165) is 16.5 Å². The molecule has 0 aliphatic carbocycles. The van der Waals surface area contributed by atoms with Crippen molar-refractivity contribution in [3.63, 3.8) is 0 Å². The number of aromatic amines is 1. The number of H-pyrrole nitrogens is 1. The second-order valence-electron chi connectivity index (χ2n) is 5.04. The minimum atomic E-state index is -0.948. The smallest absolute Gasteiger partial charge is 0.326 e. The first kappa shape index (κ1) is 14.8. The highest BCUT2D eigenvalue weighted by Gasteiger charge is 2.19. The number of aromatic nitrogens is 1. The molecule has 1 heterocycles. The summed E-state index contributed by atoms with van der Waals surface area (Å²) >= 11 is 0. The number of hydrogen-bond acceptors (Lipinski definition) is 3. The van der Waals surface area contributed by atoms with Gasteiger partial charge < -0.3 is 15.4 Å². The standard InChI is InChI=1S/C16H18N2O3/c1-10(7-11(2)19)18-15(16(20)21)8-12-9-17-14-6-4-3-5-13(12)14/h3-7,9,15,17-18H,8H2,1-2H3,(H,20,21). The van der Waals surface area contributed by atoms with Crippen LogP contribution in [0.3, 0.4) is 0 Å². The van der Waals surface area contributed by atoms with Gasteiger partial charge in [0.2, 0.25) is 0 Å². The van der Waals surface area contributed by atoms with Crippen molar-refractivity contribution < 1.29 is 14.7 Å². The van der Waals surface area contributed by atoms with E-state index in [1.807, 2.05) is 30.5 Å². The Hall–Kier alpha value is -2.56. The summed E-state index contributed by atoms with van der Waals surface area (Å²) in [6, 6.07) is 6.97. The third-order valence-corrected chi connectivity index (χ3v) is 3.22. The topological polar surface area (TPSA) is 82.2 Å². The first-order valence-corrected chi connectivity index (χ1v) is 6.70. The first-order chi connectivity index (χ1) is 9.97. The van der Waals surface area contributed by atoms with Crippen LogP contribution in [0.1, 0.15) is 19.4 Å². The number of aliphatic carboxylic acids is 1. The number of carbonyl (C=O) groups excluding carboxylic acids is 1. The van der Waals surface area contributed by atoms with Gasteiger partial charge in [-0.15, -0.1) is 0 Å². The lowest BCUT2D eigenvalue weighted by Gasteiger charge is -2.15. The minimum Gasteiger partial charge on any atom is -0.480 e. The Kier molecular flexibility index (Phi) is 4.42. The zero-order chi connectivity index (χ0) is 15.4. The number of para-hydroxylation sites is 1. The Labute approximate surface area is 122 Å². The third kappa shape index (κ3) is 3.72. The van der Waals surface area contributed by atoms with Gasteiger partial charge in [0, 0.05) is 29.2 Å². The molecule has 5 nitrogen and oxygen atoms in total. The Morgan fingerprint density at radius 1 is 1.33 bits per heavy atom. The van der Waals surface area contributed by atoms with Crippen molar-refractivity contribution in [3.05, 3.63) is 47.8 Å². The Bertz CT molecular complexity index is 700. The zero-order valence-corrected chi connectivity index (χ0v) is 12.0. The van der Waals surface area contributed by atoms with Crippen LogP contribution >= 0.6 is 0 Å². The van der Waals surface area contributed by atoms with Crippen LogP contribution in [-0.4, -0.2) is 27.9 Å². The quantitative estimate of drug-likeness (QED) is 0.711. The lowest BCUT2D eigenvalue weighted by atomic mass is 10.0. The van der Waals surface area contributed by atoms with Crippen molar-refractivity contribution >= 4 is 22.7 Å². The number of benzene rings is 1. The molecule has 0 aliphatic rings. The van der Waals surface area contributed by atoms with Crippen molar-refractivity contribution in [1.29, 1.82) is 0 Å². The predicted octanol–water partition coefficient (Wildman–Crippen LogP) is 2.25. The molecule has 0 amide bonds. The minimum absolute atomic E-state index is 0.115. The molecule has 110 valence electrons. The van der Waals surface area contributed by atoms with Gasteiger partial charge in [-0.2, -0.15) is 0 Å². The lowest BCUT2D eigenvalue weighted by Crippen LogP contribution is -2.37. The molecule has 5 heteroatoms. The van der Waals surface area contributed by atoms with Crippen LogP contribution < -0.4 is 5.32 Å². The van der Waals surface area contributed by atoms with Crippen molar-refractivity contribution in [2.24, 2.45) is 0 Å². The summed E-state index contributed by atoms with van der Waals surface area (Å²) in [6.45, 7) is 3.12. The van der Waals surface area contributed by atoms with Gasteiger partial charge >= 0.3 is 5.97 Å². The molecule has 0 aliphatic heterocycles. The van der Waals surface area contributed by atoms with Gasteiger partial charge in [0.25, 0.3) is 0 Å². The SMILES string of the molecule is CC(=O)C=C(C)NC(Cc1c[nH]c2ccccc12)C(=O)O. The van der Waals surface area contributed by atoms with Gasteiger partial charge in [0.15, 0.2) is 5.78 Å². The second-order valence-corrected chi connectivity index (χ2v) is 5.04. The number of rotatable bonds is 6. The van der Waals surface area contributed by atoms with Crippen LogP contribution in [0.4, 0.5) is 0 Å². The number of ketones is 1. The van der Waals surface area contributed by atoms with E-state index < -0.39 is 12.0 Å². The second kappa shape index (κ2) is 6.26. The molecule has 2 rings (SSSR count). The maximum atomic E-state index is 11.4. The van der Waals surface area contributed by atoms with E-state index in [1.54, 1.807) is 6.92 Å². The number of carboxylic acid groups (broad SMARTS) is 1. The van der Waals surface area contributed by atoms with E-state index in [-0.39, 0.29) is 5.78 Å². The summed E-state index contributed by atoms with van der Waals surface area (Å²) < 4.78 is 0. The molecule has 1 unspecified atom stereocenters. The summed E-state index contributed by atoms with van der Waals surface area (Å²) in [6.07, 6.45) is 3.56. The van der Waals surface area contributed by atoms with E-state index >= 15 is 0 Å². The van der Waals surface area contributed by atoms with E-state index in [0.29, 0.717) is 12.1 Å². The molecule has 3 N–H and O–H groups in total. The number of nitrogens with one attached hydrogen (secondary N) is 2. The Balaban J connectivity index is 2.20. The monoisotopic (exact) mass is 286 g/mol. The van der Waals surface area contributed by atoms with Crippen LogP contribution in [0.2, 0.25) is 0 Å². The normalized spacial score (nSPS) is 13.1. The molecule has 0 fully saturated rings. The maximum absolute atomic E-state index is 11.4. The van der Waals surface area contributed by atoms with Gasteiger partial charge in [0.1, 0.15) is 6.04 Å². The van der Waals surface area contributed by atoms with Crippen molar-refractivity contribution in [2.45, 2.75) is 26.3 Å². The highest BCUT2D eigenvalue weighted by atomic mass is 16.4. The number of allylic oxidation sites excluding steroid dienone is 2. The third-order valence-electron chi connectivity index (χ3n) is 3.22. The molecule has 2 aromatic rings. The number of fused-ring (bicyclic) bond motifs is 1. The zero-order valence-electron chi connectivity index (χ0n) is 12.0. The number of carbonyl (C=O) groups is 2. The van der Waals surface area contributed by atoms with Crippen molar-refractivity contribution in [3.8, 4) is 0 Å². The van der Waals surface area contributed by atoms with Gasteiger partial charge in [-0.1, -0.05) is 18.2 Å². The van der Waals surface area contributed by atoms with Gasteiger partial charge in [0.05, 0.1) is 0 Å². The number of hydrogen-bond donors (Lipinski definition) is 3. The van der Waals surface area contributed by atoms with E-state index in [4.69, 9.17) is 0 Å². The van der Waals surface area contributed by atoms with E-state index in [2.05, 4.69) is 10.3 Å². The molecule has 21 heavy (non-hydrogen) atoms. The van der Waals surface area contributed by atoms with Crippen LogP contribution in [0.25, 0.3) is 10.9 Å². The van der Waals surface area contributed by atoms with Crippen LogP contribution in [-0.2, 0) is 16.0 Å². The Morgan fingerprint density at radius 2 is 2.05 bits per heavy atom. The summed E-state index contributed by atoms with van der Waals surface area (Å²) in [5, 5.41) is 13.2. The van der Waals surface area contributed by atoms with Gasteiger partial charge in [-0.05, 0) is 31.6 Å². The average Bonchev–Trinajstić information content (AvgIpc) is 2.80. The number of carboxylic acids is 1. The van der Waals surface area contributed by atoms with Crippen LogP contribution in [0.15, 0.2) is 42.2 Å². The molecule has 0 saturated carbocycles. The summed E-state index contributed by atoms with van der Waals surface area (Å²) in [7, 11) is 0. The molecule has 0 bridgehead atoms. The summed E-state index contributed by atoms with van der Waals surface area (Å²) in [5.41, 5.74) is 2.46. The fourth-order valence-electron chi connectivity index (χ4n) is 2.34. The molecule has 1 aromatic heterocycles. The molecule has 0 spiro atoms. The fourth-order valence-corrected chi connectivity index (χ4v) is 2.34. The molecule has 0 saturated heterocycles. The molecule has 0 radical (unpaired) electrons. The lowest BCUT2D eigenvalue weighted by molar-refractivity contribution is -0.139. The van der Waals surface area contributed by atoms with Crippen LogP contribution in [0, 0.1) is 0 Å². The maximum Gasteiger partial charge on any atom is 0.326 e. The van der Waals surface area contributed by atoms with Gasteiger partial charge in [-0.3, -0.25) is 4.79 Å². The highest BCUT2D eigenvalue weighted by molar-refractivity contribution is 5.88. The first-order valence-electron chi connectivity index (χ1n) is 6.70. The van der Waals surface area contributed by atoms with Crippen LogP contribution in [0.5, 0.6) is 0 Å². The predicted molar refractivity (Wildman–Crippen MR) is 81.0 cm³/mol. The summed E-state index contributed by atoms with van der Waals surface area (Å²) in [4.78, 5) is 25.6. The van der Waals surface area contributed by atoms with E-state index in [9.17, 15) is 14.7 Å². The molecule has 1 atom stereocenters. The molecular weight excluding hydrogens is 268 g/mol. The molecule has 1 aromatic carbocycles. The Morgan fingerprint density at radius 3 is 2.71 bits per heavy atom. The van der Waals surface area contributed by atoms with Crippen molar-refractivity contribution in [2.75, 3.05) is 0 Å². The average molecular weight is 286 g/mol. The molecular formula is C16H18N2O3. The highest BCUT2D eigenvalue weighted by Crippen LogP contribution is 2.19.